The Labute approximate surface area is 186 Å². The molecule has 0 aliphatic heterocycles. The van der Waals surface area contributed by atoms with Gasteiger partial charge in [-0.1, -0.05) is 74.5 Å². The maximum absolute atomic E-state index is 13.5. The van der Waals surface area contributed by atoms with E-state index in [0.29, 0.717) is 12.0 Å². The van der Waals surface area contributed by atoms with Crippen molar-refractivity contribution in [3.8, 4) is 0 Å². The predicted molar refractivity (Wildman–Crippen MR) is 129 cm³/mol. The van der Waals surface area contributed by atoms with Crippen LogP contribution in [-0.2, 0) is 20.7 Å². The Hall–Kier alpha value is -1.26. The summed E-state index contributed by atoms with van der Waals surface area (Å²) in [6.07, 6.45) is 0.908. The largest absolute Gasteiger partial charge is 0.344 e. The molecule has 0 saturated heterocycles. The van der Waals surface area contributed by atoms with Crippen LogP contribution >= 0.6 is 14.7 Å². The summed E-state index contributed by atoms with van der Waals surface area (Å²) in [5.41, 5.74) is 14.2. The van der Waals surface area contributed by atoms with E-state index in [4.69, 9.17) is 11.5 Å². The zero-order valence-electron chi connectivity index (χ0n) is 18.4. The van der Waals surface area contributed by atoms with Gasteiger partial charge in [0.1, 0.15) is 0 Å². The minimum absolute atomic E-state index is 0.0101. The third kappa shape index (κ3) is 6.16. The molecule has 31 heavy (non-hydrogen) atoms. The topological polar surface area (TPSA) is 127 Å². The molecule has 2 rings (SSSR count). The molecule has 6 nitrogen and oxygen atoms in total. The van der Waals surface area contributed by atoms with Gasteiger partial charge in [0.2, 0.25) is 14.7 Å². The lowest BCUT2D eigenvalue weighted by molar-refractivity contribution is 0.313. The molecule has 0 aliphatic rings. The maximum atomic E-state index is 13.5. The van der Waals surface area contributed by atoms with Crippen LogP contribution in [0.25, 0.3) is 0 Å². The van der Waals surface area contributed by atoms with Crippen molar-refractivity contribution in [1.29, 1.82) is 0 Å². The van der Waals surface area contributed by atoms with Gasteiger partial charge in [0.25, 0.3) is 0 Å². The van der Waals surface area contributed by atoms with Gasteiger partial charge in [-0.3, -0.25) is 9.13 Å². The van der Waals surface area contributed by atoms with E-state index in [-0.39, 0.29) is 31.5 Å². The second-order valence-corrected chi connectivity index (χ2v) is 13.7. The average molecular weight is 466 g/mol. The zero-order chi connectivity index (χ0) is 23.1. The quantitative estimate of drug-likeness (QED) is 0.350. The summed E-state index contributed by atoms with van der Waals surface area (Å²) in [6, 6.07) is 17.8. The third-order valence-electron chi connectivity index (χ3n) is 6.18. The Kier molecular flexibility index (Phi) is 9.27. The van der Waals surface area contributed by atoms with Gasteiger partial charge in [-0.25, -0.2) is 0 Å². The molecule has 6 N–H and O–H groups in total. The summed E-state index contributed by atoms with van der Waals surface area (Å²) in [6.45, 7) is 3.65. The number of aryl methyl sites for hydroxylation is 1. The first-order chi connectivity index (χ1) is 14.6. The van der Waals surface area contributed by atoms with Crippen LogP contribution in [0.1, 0.15) is 31.4 Å². The van der Waals surface area contributed by atoms with Crippen LogP contribution in [0, 0.1) is 5.92 Å². The van der Waals surface area contributed by atoms with Crippen molar-refractivity contribution in [2.75, 3.05) is 25.0 Å². The van der Waals surface area contributed by atoms with Crippen molar-refractivity contribution in [2.24, 2.45) is 17.4 Å². The van der Waals surface area contributed by atoms with Crippen molar-refractivity contribution in [3.05, 3.63) is 71.8 Å². The van der Waals surface area contributed by atoms with Gasteiger partial charge in [0.15, 0.2) is 0 Å². The number of nitrogens with two attached hydrogens (primary N) is 2. The van der Waals surface area contributed by atoms with Crippen LogP contribution in [0.15, 0.2) is 60.7 Å². The summed E-state index contributed by atoms with van der Waals surface area (Å²) in [7, 11) is -7.26. The standard InChI is InChI=1S/C23H36N2O4P2/c1-3-31(28,29)23(15-16-24,21-12-8-5-9-13-21)22(25)19(2)18-30(26,27)17-14-20-10-6-4-7-11-20/h4-13,19,22H,3,14-18,24-25H2,1-2H3,(H,26,27)(H,28,29). The fraction of sp³-hybridized carbons (Fsp3) is 0.478. The highest BCUT2D eigenvalue weighted by Gasteiger charge is 2.53. The number of hydrogen-bond donors (Lipinski definition) is 4. The number of benzene rings is 2. The zero-order valence-corrected chi connectivity index (χ0v) is 20.2. The monoisotopic (exact) mass is 466 g/mol. The highest BCUT2D eigenvalue weighted by molar-refractivity contribution is 7.59. The molecule has 0 amide bonds. The van der Waals surface area contributed by atoms with Crippen LogP contribution in [0.4, 0.5) is 0 Å². The predicted octanol–water partition coefficient (Wildman–Crippen LogP) is 4.00. The molecule has 2 aromatic carbocycles. The minimum Gasteiger partial charge on any atom is -0.344 e. The molecule has 0 bridgehead atoms. The highest BCUT2D eigenvalue weighted by Crippen LogP contribution is 2.64. The van der Waals surface area contributed by atoms with Gasteiger partial charge in [0, 0.05) is 24.5 Å². The smallest absolute Gasteiger partial charge is 0.212 e. The van der Waals surface area contributed by atoms with Gasteiger partial charge < -0.3 is 21.3 Å². The van der Waals surface area contributed by atoms with Crippen molar-refractivity contribution in [1.82, 2.24) is 0 Å². The Bertz CT molecular complexity index is 910. The van der Waals surface area contributed by atoms with E-state index >= 15 is 0 Å². The molecule has 0 heterocycles. The minimum atomic E-state index is -3.77. The molecule has 0 spiro atoms. The molecule has 0 aliphatic carbocycles. The first-order valence-corrected chi connectivity index (χ1v) is 14.6. The van der Waals surface area contributed by atoms with Gasteiger partial charge in [-0.2, -0.15) is 0 Å². The lowest BCUT2D eigenvalue weighted by atomic mass is 9.82. The van der Waals surface area contributed by atoms with E-state index in [9.17, 15) is 18.9 Å². The van der Waals surface area contributed by atoms with Crippen molar-refractivity contribution in [3.63, 3.8) is 0 Å². The van der Waals surface area contributed by atoms with E-state index in [1.165, 1.54) is 0 Å². The molecule has 0 radical (unpaired) electrons. The van der Waals surface area contributed by atoms with E-state index in [0.717, 1.165) is 5.56 Å². The van der Waals surface area contributed by atoms with Crippen LogP contribution in [-0.4, -0.2) is 40.9 Å². The van der Waals surface area contributed by atoms with Gasteiger partial charge in [0.05, 0.1) is 5.16 Å². The van der Waals surface area contributed by atoms with Crippen LogP contribution < -0.4 is 11.5 Å². The van der Waals surface area contributed by atoms with Gasteiger partial charge in [-0.05, 0) is 36.4 Å². The average Bonchev–Trinajstić information content (AvgIpc) is 2.76. The normalized spacial score (nSPS) is 19.5. The Balaban J connectivity index is 2.32. The lowest BCUT2D eigenvalue weighted by Gasteiger charge is -2.45. The molecule has 172 valence electrons. The Morgan fingerprint density at radius 3 is 2.06 bits per heavy atom. The van der Waals surface area contributed by atoms with Crippen molar-refractivity contribution in [2.45, 2.75) is 37.9 Å². The fourth-order valence-corrected chi connectivity index (χ4v) is 8.65. The number of hydrogen-bond acceptors (Lipinski definition) is 4. The molecule has 5 atom stereocenters. The van der Waals surface area contributed by atoms with Crippen molar-refractivity contribution < 1.29 is 18.9 Å². The van der Waals surface area contributed by atoms with Crippen LogP contribution in [0.5, 0.6) is 0 Å². The van der Waals surface area contributed by atoms with Crippen LogP contribution in [0.3, 0.4) is 0 Å². The van der Waals surface area contributed by atoms with Gasteiger partial charge in [-0.15, -0.1) is 0 Å². The number of rotatable bonds is 12. The third-order valence-corrected chi connectivity index (χ3v) is 11.1. The second-order valence-electron chi connectivity index (χ2n) is 8.34. The first kappa shape index (κ1) is 26.0. The molecule has 0 aromatic heterocycles. The Morgan fingerprint density at radius 2 is 1.55 bits per heavy atom. The molecule has 2 aromatic rings. The fourth-order valence-electron chi connectivity index (χ4n) is 4.42. The highest BCUT2D eigenvalue weighted by atomic mass is 31.2. The molecule has 0 fully saturated rings. The second kappa shape index (κ2) is 11.0. The molecule has 0 saturated carbocycles. The van der Waals surface area contributed by atoms with E-state index in [1.807, 2.05) is 48.5 Å². The lowest BCUT2D eigenvalue weighted by Crippen LogP contribution is -2.51. The van der Waals surface area contributed by atoms with E-state index in [2.05, 4.69) is 0 Å². The Morgan fingerprint density at radius 1 is 1.00 bits per heavy atom. The maximum Gasteiger partial charge on any atom is 0.212 e. The molecule has 8 heteroatoms. The van der Waals surface area contributed by atoms with E-state index < -0.39 is 31.9 Å². The summed E-state index contributed by atoms with van der Waals surface area (Å²) >= 11 is 0. The summed E-state index contributed by atoms with van der Waals surface area (Å²) in [5.74, 6) is -0.453. The summed E-state index contributed by atoms with van der Waals surface area (Å²) in [5, 5.41) is -1.27. The van der Waals surface area contributed by atoms with Crippen molar-refractivity contribution >= 4 is 14.7 Å². The SMILES string of the molecule is CCP(=O)(O)C(CCN)(c1ccccc1)C(N)C(C)CP(=O)(O)CCc1ccccc1. The summed E-state index contributed by atoms with van der Waals surface area (Å²) in [4.78, 5) is 21.7. The summed E-state index contributed by atoms with van der Waals surface area (Å²) < 4.78 is 26.5. The first-order valence-electron chi connectivity index (χ1n) is 10.8. The van der Waals surface area contributed by atoms with E-state index in [1.54, 1.807) is 26.0 Å². The van der Waals surface area contributed by atoms with Crippen LogP contribution in [0.2, 0.25) is 0 Å². The van der Waals surface area contributed by atoms with Gasteiger partial charge >= 0.3 is 0 Å². The molecule has 5 unspecified atom stereocenters. The molecular weight excluding hydrogens is 430 g/mol. The molecular formula is C23H36N2O4P2.